The summed E-state index contributed by atoms with van der Waals surface area (Å²) in [6.07, 6.45) is 2.15. The summed E-state index contributed by atoms with van der Waals surface area (Å²) in [5.41, 5.74) is 2.17. The summed E-state index contributed by atoms with van der Waals surface area (Å²) in [4.78, 5) is 19.4. The number of aliphatic hydroxyl groups is 1. The van der Waals surface area contributed by atoms with Crippen molar-refractivity contribution >= 4 is 17.5 Å². The average Bonchev–Trinajstić information content (AvgIpc) is 2.48. The fourth-order valence-corrected chi connectivity index (χ4v) is 2.22. The van der Waals surface area contributed by atoms with Crippen molar-refractivity contribution < 1.29 is 34.2 Å². The zero-order chi connectivity index (χ0) is 16.7. The normalized spacial score (nSPS) is 20.4. The van der Waals surface area contributed by atoms with Gasteiger partial charge in [-0.15, -0.1) is 0 Å². The molecule has 6 nitrogen and oxygen atoms in total. The molecular formula is C15H18FNO5. The van der Waals surface area contributed by atoms with E-state index < -0.39 is 11.9 Å². The van der Waals surface area contributed by atoms with Gasteiger partial charge in [0.1, 0.15) is 5.82 Å². The molecule has 0 amide bonds. The number of aliphatic carboxylic acids is 2. The lowest BCUT2D eigenvalue weighted by Crippen LogP contribution is -3.10. The summed E-state index contributed by atoms with van der Waals surface area (Å²) >= 11 is 0. The zero-order valence-corrected chi connectivity index (χ0v) is 12.1. The van der Waals surface area contributed by atoms with Crippen molar-refractivity contribution in [1.29, 1.82) is 0 Å². The van der Waals surface area contributed by atoms with E-state index in [9.17, 15) is 9.50 Å². The van der Waals surface area contributed by atoms with Crippen LogP contribution in [0.1, 0.15) is 5.56 Å². The Morgan fingerprint density at radius 2 is 1.91 bits per heavy atom. The Morgan fingerprint density at radius 3 is 2.36 bits per heavy atom. The molecule has 0 saturated heterocycles. The predicted molar refractivity (Wildman–Crippen MR) is 74.2 cm³/mol. The number of benzene rings is 1. The average molecular weight is 311 g/mol. The summed E-state index contributed by atoms with van der Waals surface area (Å²) in [6.45, 7) is 2.05. The van der Waals surface area contributed by atoms with Crippen LogP contribution in [-0.4, -0.2) is 48.9 Å². The number of rotatable bonds is 2. The van der Waals surface area contributed by atoms with Gasteiger partial charge in [0.15, 0.2) is 5.97 Å². The van der Waals surface area contributed by atoms with Crippen molar-refractivity contribution in [3.8, 4) is 0 Å². The first-order valence-corrected chi connectivity index (χ1v) is 6.67. The number of likely N-dealkylation sites (N-methyl/N-ethyl adjacent to an activating group) is 1. The molecule has 7 heteroatoms. The largest absolute Gasteiger partial charge is 0.539 e. The van der Waals surface area contributed by atoms with Crippen LogP contribution >= 0.6 is 0 Å². The lowest BCUT2D eigenvalue weighted by Gasteiger charge is -2.27. The molecule has 120 valence electrons. The molecule has 1 aromatic carbocycles. The van der Waals surface area contributed by atoms with Crippen molar-refractivity contribution in [2.24, 2.45) is 5.92 Å². The monoisotopic (exact) mass is 311 g/mol. The van der Waals surface area contributed by atoms with E-state index in [4.69, 9.17) is 19.8 Å². The SMILES string of the molecule is C[NH+]1CC=C(c2ccc(F)cc2)C(CO)C1.O=C([O-])C(=O)O. The topological polar surface area (TPSA) is 102 Å². The Bertz CT molecular complexity index is 544. The highest BCUT2D eigenvalue weighted by molar-refractivity contribution is 6.26. The molecule has 2 atom stereocenters. The lowest BCUT2D eigenvalue weighted by molar-refractivity contribution is -0.877. The van der Waals surface area contributed by atoms with Crippen LogP contribution in [0, 0.1) is 11.7 Å². The van der Waals surface area contributed by atoms with Crippen LogP contribution in [0.2, 0.25) is 0 Å². The van der Waals surface area contributed by atoms with Crippen molar-refractivity contribution in [2.75, 3.05) is 26.7 Å². The maximum atomic E-state index is 12.8. The second-order valence-electron chi connectivity index (χ2n) is 5.00. The Hall–Kier alpha value is -2.25. The molecule has 0 saturated carbocycles. The number of nitrogens with one attached hydrogen (secondary N) is 1. The van der Waals surface area contributed by atoms with Gasteiger partial charge in [-0.05, 0) is 29.3 Å². The standard InChI is InChI=1S/C13H16FNO.C2H2O4/c1-15-7-6-13(11(8-15)9-16)10-2-4-12(14)5-3-10;3-1(4)2(5)6/h2-6,11,16H,7-9H2,1H3;(H,3,4)(H,5,6). The van der Waals surface area contributed by atoms with Crippen LogP contribution in [0.5, 0.6) is 0 Å². The minimum absolute atomic E-state index is 0.153. The van der Waals surface area contributed by atoms with Crippen molar-refractivity contribution in [3.05, 3.63) is 41.7 Å². The van der Waals surface area contributed by atoms with E-state index in [1.165, 1.54) is 17.0 Å². The van der Waals surface area contributed by atoms with E-state index in [-0.39, 0.29) is 18.3 Å². The Labute approximate surface area is 127 Å². The Balaban J connectivity index is 0.000000346. The zero-order valence-electron chi connectivity index (χ0n) is 12.1. The number of carbonyl (C=O) groups is 2. The van der Waals surface area contributed by atoms with Gasteiger partial charge in [-0.1, -0.05) is 12.1 Å². The molecule has 0 bridgehead atoms. The third-order valence-corrected chi connectivity index (χ3v) is 3.28. The molecule has 1 aliphatic heterocycles. The number of hydrogen-bond acceptors (Lipinski definition) is 4. The van der Waals surface area contributed by atoms with Crippen LogP contribution in [-0.2, 0) is 9.59 Å². The van der Waals surface area contributed by atoms with E-state index in [1.807, 2.05) is 0 Å². The van der Waals surface area contributed by atoms with Crippen LogP contribution in [0.15, 0.2) is 30.3 Å². The fourth-order valence-electron chi connectivity index (χ4n) is 2.22. The van der Waals surface area contributed by atoms with Crippen LogP contribution < -0.4 is 10.0 Å². The number of halogens is 1. The maximum absolute atomic E-state index is 12.8. The van der Waals surface area contributed by atoms with E-state index in [0.29, 0.717) is 0 Å². The molecule has 0 aromatic heterocycles. The molecular weight excluding hydrogens is 293 g/mol. The second kappa shape index (κ2) is 8.26. The molecule has 1 aromatic rings. The second-order valence-corrected chi connectivity index (χ2v) is 5.00. The molecule has 2 unspecified atom stereocenters. The summed E-state index contributed by atoms with van der Waals surface area (Å²) < 4.78 is 12.8. The highest BCUT2D eigenvalue weighted by Gasteiger charge is 2.23. The minimum atomic E-state index is -2.07. The van der Waals surface area contributed by atoms with Gasteiger partial charge in [-0.25, -0.2) is 9.18 Å². The van der Waals surface area contributed by atoms with Crippen LogP contribution in [0.3, 0.4) is 0 Å². The number of carboxylic acid groups (broad SMARTS) is 2. The Kier molecular flexibility index (Phi) is 6.68. The summed E-state index contributed by atoms with van der Waals surface area (Å²) in [6, 6.07) is 6.50. The number of quaternary nitrogens is 1. The lowest BCUT2D eigenvalue weighted by atomic mass is 9.90. The Morgan fingerprint density at radius 1 is 1.36 bits per heavy atom. The molecule has 0 aliphatic carbocycles. The smallest absolute Gasteiger partial charge is 0.351 e. The summed E-state index contributed by atoms with van der Waals surface area (Å²) in [5.74, 6) is -4.06. The van der Waals surface area contributed by atoms with Crippen molar-refractivity contribution in [2.45, 2.75) is 0 Å². The van der Waals surface area contributed by atoms with Gasteiger partial charge >= 0.3 is 5.97 Å². The summed E-state index contributed by atoms with van der Waals surface area (Å²) in [5, 5.41) is 25.7. The predicted octanol–water partition coefficient (Wildman–Crippen LogP) is -1.83. The third-order valence-electron chi connectivity index (χ3n) is 3.28. The molecule has 2 rings (SSSR count). The highest BCUT2D eigenvalue weighted by atomic mass is 19.1. The molecule has 0 spiro atoms. The van der Waals surface area contributed by atoms with E-state index in [1.54, 1.807) is 12.1 Å². The van der Waals surface area contributed by atoms with E-state index in [2.05, 4.69) is 13.1 Å². The van der Waals surface area contributed by atoms with Gasteiger partial charge in [-0.3, -0.25) is 0 Å². The fraction of sp³-hybridized carbons (Fsp3) is 0.333. The van der Waals surface area contributed by atoms with E-state index in [0.717, 1.165) is 24.2 Å². The number of aliphatic hydroxyl groups excluding tert-OH is 1. The molecule has 0 fully saturated rings. The number of carboxylic acids is 2. The van der Waals surface area contributed by atoms with Crippen LogP contribution in [0.25, 0.3) is 5.57 Å². The first-order chi connectivity index (χ1) is 10.3. The van der Waals surface area contributed by atoms with Gasteiger partial charge in [0.05, 0.1) is 32.7 Å². The molecule has 1 aliphatic rings. The molecule has 22 heavy (non-hydrogen) atoms. The number of hydrogen-bond donors (Lipinski definition) is 3. The maximum Gasteiger partial charge on any atom is 0.351 e. The third kappa shape index (κ3) is 5.27. The van der Waals surface area contributed by atoms with E-state index >= 15 is 0 Å². The van der Waals surface area contributed by atoms with Gasteiger partial charge in [0.25, 0.3) is 0 Å². The van der Waals surface area contributed by atoms with Crippen molar-refractivity contribution in [3.63, 3.8) is 0 Å². The van der Waals surface area contributed by atoms with Gasteiger partial charge < -0.3 is 25.0 Å². The molecule has 0 radical (unpaired) electrons. The van der Waals surface area contributed by atoms with Crippen molar-refractivity contribution in [1.82, 2.24) is 0 Å². The highest BCUT2D eigenvalue weighted by Crippen LogP contribution is 2.23. The molecule has 1 heterocycles. The molecule has 3 N–H and O–H groups in total. The van der Waals surface area contributed by atoms with Gasteiger partial charge in [0, 0.05) is 0 Å². The first kappa shape index (κ1) is 17.8. The van der Waals surface area contributed by atoms with Gasteiger partial charge in [-0.2, -0.15) is 0 Å². The minimum Gasteiger partial charge on any atom is -0.539 e. The summed E-state index contributed by atoms with van der Waals surface area (Å²) in [7, 11) is 2.11. The van der Waals surface area contributed by atoms with Gasteiger partial charge in [0.2, 0.25) is 0 Å². The van der Waals surface area contributed by atoms with Crippen LogP contribution in [0.4, 0.5) is 4.39 Å². The first-order valence-electron chi connectivity index (χ1n) is 6.67. The quantitative estimate of drug-likeness (QED) is 0.558. The number of carbonyl (C=O) groups excluding carboxylic acids is 1.